The van der Waals surface area contributed by atoms with Crippen molar-refractivity contribution < 1.29 is 4.79 Å². The number of carbonyl (C=O) groups excluding carboxylic acids is 1. The maximum atomic E-state index is 11.7. The van der Waals surface area contributed by atoms with Gasteiger partial charge in [0.25, 0.3) is 0 Å². The Morgan fingerprint density at radius 3 is 2.17 bits per heavy atom. The van der Waals surface area contributed by atoms with E-state index in [2.05, 4.69) is 42.5 Å². The van der Waals surface area contributed by atoms with Crippen molar-refractivity contribution in [3.05, 3.63) is 57.5 Å². The number of nitrogens with one attached hydrogen (secondary N) is 2. The van der Waals surface area contributed by atoms with E-state index in [1.165, 1.54) is 0 Å². The molecule has 18 heavy (non-hydrogen) atoms. The first-order valence-corrected chi connectivity index (χ1v) is 6.81. The Balaban J connectivity index is 1.98. The number of hydrogen-bond donors (Lipinski definition) is 2. The Bertz CT molecular complexity index is 555. The van der Waals surface area contributed by atoms with Gasteiger partial charge in [0.15, 0.2) is 0 Å². The molecule has 0 aliphatic rings. The molecule has 2 rings (SSSR count). The van der Waals surface area contributed by atoms with E-state index in [0.29, 0.717) is 0 Å². The molecule has 3 nitrogen and oxygen atoms in total. The lowest BCUT2D eigenvalue weighted by atomic mass is 10.3. The monoisotopic (exact) mass is 368 g/mol. The van der Waals surface area contributed by atoms with Crippen molar-refractivity contribution in [1.29, 1.82) is 0 Å². The Labute approximate surface area is 122 Å². The van der Waals surface area contributed by atoms with Gasteiger partial charge in [0.2, 0.25) is 0 Å². The fourth-order valence-electron chi connectivity index (χ4n) is 1.39. The third-order valence-corrected chi connectivity index (χ3v) is 3.21. The van der Waals surface area contributed by atoms with Crippen LogP contribution in [0, 0.1) is 0 Å². The summed E-state index contributed by atoms with van der Waals surface area (Å²) in [7, 11) is 0. The molecule has 0 unspecified atom stereocenters. The normalized spacial score (nSPS) is 9.89. The molecule has 5 heteroatoms. The van der Waals surface area contributed by atoms with Gasteiger partial charge in [-0.3, -0.25) is 0 Å². The highest BCUT2D eigenvalue weighted by atomic mass is 79.9. The van der Waals surface area contributed by atoms with Gasteiger partial charge in [0, 0.05) is 20.3 Å². The molecule has 92 valence electrons. The van der Waals surface area contributed by atoms with Crippen LogP contribution in [0.25, 0.3) is 0 Å². The van der Waals surface area contributed by atoms with E-state index in [4.69, 9.17) is 0 Å². The van der Waals surface area contributed by atoms with Crippen molar-refractivity contribution in [1.82, 2.24) is 0 Å². The van der Waals surface area contributed by atoms with Crippen LogP contribution >= 0.6 is 31.9 Å². The molecule has 0 saturated heterocycles. The van der Waals surface area contributed by atoms with Gasteiger partial charge < -0.3 is 10.6 Å². The highest BCUT2D eigenvalue weighted by Crippen LogP contribution is 2.17. The lowest BCUT2D eigenvalue weighted by Crippen LogP contribution is -2.19. The van der Waals surface area contributed by atoms with Crippen molar-refractivity contribution in [2.75, 3.05) is 10.6 Å². The summed E-state index contributed by atoms with van der Waals surface area (Å²) < 4.78 is 1.89. The van der Waals surface area contributed by atoms with Gasteiger partial charge in [-0.25, -0.2) is 4.79 Å². The number of anilines is 2. The van der Waals surface area contributed by atoms with E-state index in [9.17, 15) is 4.79 Å². The van der Waals surface area contributed by atoms with Gasteiger partial charge in [-0.1, -0.05) is 37.9 Å². The Hall–Kier alpha value is -1.33. The first-order valence-electron chi connectivity index (χ1n) is 5.22. The summed E-state index contributed by atoms with van der Waals surface area (Å²) in [6.45, 7) is 0. The molecule has 0 radical (unpaired) electrons. The minimum atomic E-state index is -0.268. The smallest absolute Gasteiger partial charge is 0.308 e. The van der Waals surface area contributed by atoms with Crippen LogP contribution in [0.5, 0.6) is 0 Å². The number of carbonyl (C=O) groups is 1. The predicted molar refractivity (Wildman–Crippen MR) is 80.9 cm³/mol. The van der Waals surface area contributed by atoms with Crippen LogP contribution in [0.3, 0.4) is 0 Å². The van der Waals surface area contributed by atoms with Crippen molar-refractivity contribution in [3.8, 4) is 0 Å². The molecule has 2 aromatic rings. The van der Waals surface area contributed by atoms with Crippen LogP contribution in [0.4, 0.5) is 16.2 Å². The molecule has 0 aliphatic heterocycles. The molecule has 2 amide bonds. The molecule has 0 fully saturated rings. The van der Waals surface area contributed by atoms with Crippen molar-refractivity contribution in [2.24, 2.45) is 0 Å². The van der Waals surface area contributed by atoms with Crippen LogP contribution in [-0.2, 0) is 0 Å². The highest BCUT2D eigenvalue weighted by Gasteiger charge is 2.02. The largest absolute Gasteiger partial charge is 0.323 e. The average Bonchev–Trinajstić information content (AvgIpc) is 2.32. The number of amides is 2. The van der Waals surface area contributed by atoms with Gasteiger partial charge in [-0.05, 0) is 42.5 Å². The minimum absolute atomic E-state index is 0.268. The summed E-state index contributed by atoms with van der Waals surface area (Å²) in [6, 6.07) is 14.5. The predicted octanol–water partition coefficient (Wildman–Crippen LogP) is 4.86. The highest BCUT2D eigenvalue weighted by molar-refractivity contribution is 9.10. The zero-order valence-electron chi connectivity index (χ0n) is 9.28. The maximum Gasteiger partial charge on any atom is 0.323 e. The summed E-state index contributed by atoms with van der Waals surface area (Å²) in [5, 5.41) is 5.50. The van der Waals surface area contributed by atoms with E-state index in [1.807, 2.05) is 48.5 Å². The first kappa shape index (κ1) is 13.1. The zero-order valence-corrected chi connectivity index (χ0v) is 12.5. The number of urea groups is 1. The van der Waals surface area contributed by atoms with Gasteiger partial charge in [-0.15, -0.1) is 0 Å². The summed E-state index contributed by atoms with van der Waals surface area (Å²) in [5.41, 5.74) is 1.48. The van der Waals surface area contributed by atoms with E-state index in [-0.39, 0.29) is 6.03 Å². The van der Waals surface area contributed by atoms with Crippen LogP contribution < -0.4 is 10.6 Å². The fourth-order valence-corrected chi connectivity index (χ4v) is 2.06. The van der Waals surface area contributed by atoms with Crippen LogP contribution in [0.2, 0.25) is 0 Å². The summed E-state index contributed by atoms with van der Waals surface area (Å²) in [4.78, 5) is 11.7. The second-order valence-electron chi connectivity index (χ2n) is 3.60. The summed E-state index contributed by atoms with van der Waals surface area (Å²) in [5.74, 6) is 0. The second-order valence-corrected chi connectivity index (χ2v) is 5.43. The summed E-state index contributed by atoms with van der Waals surface area (Å²) >= 11 is 6.69. The molecule has 2 N–H and O–H groups in total. The second kappa shape index (κ2) is 6.02. The van der Waals surface area contributed by atoms with Gasteiger partial charge in [0.05, 0.1) is 0 Å². The number of halogens is 2. The van der Waals surface area contributed by atoms with Gasteiger partial charge in [-0.2, -0.15) is 0 Å². The first-order chi connectivity index (χ1) is 8.63. The molecule has 0 heterocycles. The van der Waals surface area contributed by atoms with Gasteiger partial charge in [0.1, 0.15) is 0 Å². The minimum Gasteiger partial charge on any atom is -0.308 e. The molecule has 0 spiro atoms. The Morgan fingerprint density at radius 2 is 1.50 bits per heavy atom. The lowest BCUT2D eigenvalue weighted by Gasteiger charge is -2.07. The number of benzene rings is 2. The quantitative estimate of drug-likeness (QED) is 0.780. The third-order valence-electron chi connectivity index (χ3n) is 2.18. The Kier molecular flexibility index (Phi) is 4.38. The average molecular weight is 370 g/mol. The number of hydrogen-bond acceptors (Lipinski definition) is 1. The molecule has 0 aromatic heterocycles. The van der Waals surface area contributed by atoms with Gasteiger partial charge >= 0.3 is 6.03 Å². The molecule has 2 aromatic carbocycles. The molecule has 0 saturated carbocycles. The molecular weight excluding hydrogens is 360 g/mol. The van der Waals surface area contributed by atoms with Crippen molar-refractivity contribution >= 4 is 49.3 Å². The van der Waals surface area contributed by atoms with Crippen molar-refractivity contribution in [3.63, 3.8) is 0 Å². The summed E-state index contributed by atoms with van der Waals surface area (Å²) in [6.07, 6.45) is 0. The molecule has 0 atom stereocenters. The van der Waals surface area contributed by atoms with Crippen molar-refractivity contribution in [2.45, 2.75) is 0 Å². The standard InChI is InChI=1S/C13H10Br2N2O/c14-9-4-6-11(7-5-9)16-13(18)17-12-3-1-2-10(15)8-12/h1-8H,(H2,16,17,18). The number of rotatable bonds is 2. The topological polar surface area (TPSA) is 41.1 Å². The van der Waals surface area contributed by atoms with E-state index >= 15 is 0 Å². The van der Waals surface area contributed by atoms with Crippen LogP contribution in [0.15, 0.2) is 57.5 Å². The maximum absolute atomic E-state index is 11.7. The van der Waals surface area contributed by atoms with E-state index in [1.54, 1.807) is 0 Å². The van der Waals surface area contributed by atoms with E-state index in [0.717, 1.165) is 20.3 Å². The SMILES string of the molecule is O=C(Nc1ccc(Br)cc1)Nc1cccc(Br)c1. The lowest BCUT2D eigenvalue weighted by molar-refractivity contribution is 0.262. The molecular formula is C13H10Br2N2O. The molecule has 0 aliphatic carbocycles. The third kappa shape index (κ3) is 3.85. The van der Waals surface area contributed by atoms with Crippen LogP contribution in [-0.4, -0.2) is 6.03 Å². The Morgan fingerprint density at radius 1 is 0.833 bits per heavy atom. The van der Waals surface area contributed by atoms with E-state index < -0.39 is 0 Å². The zero-order chi connectivity index (χ0) is 13.0. The fraction of sp³-hybridized carbons (Fsp3) is 0. The van der Waals surface area contributed by atoms with Crippen LogP contribution in [0.1, 0.15) is 0 Å². The molecule has 0 bridgehead atoms.